The minimum absolute atomic E-state index is 0.557. The van der Waals surface area contributed by atoms with Crippen LogP contribution in [0.1, 0.15) is 5.69 Å². The lowest BCUT2D eigenvalue weighted by Crippen LogP contribution is -1.98. The summed E-state index contributed by atoms with van der Waals surface area (Å²) in [7, 11) is 1.63. The maximum absolute atomic E-state index is 9.28. The first-order valence-electron chi connectivity index (χ1n) is 5.84. The van der Waals surface area contributed by atoms with Crippen LogP contribution in [0, 0.1) is 11.3 Å². The zero-order chi connectivity index (χ0) is 13.2. The molecule has 0 unspecified atom stereocenters. The Labute approximate surface area is 110 Å². The van der Waals surface area contributed by atoms with E-state index >= 15 is 0 Å². The number of pyridine rings is 1. The van der Waals surface area contributed by atoms with Gasteiger partial charge in [0.15, 0.2) is 0 Å². The van der Waals surface area contributed by atoms with Crippen LogP contribution >= 0.6 is 0 Å². The summed E-state index contributed by atoms with van der Waals surface area (Å²) < 4.78 is 7.05. The number of nitriles is 1. The average molecular weight is 249 g/mol. The number of fused-ring (bicyclic) bond motifs is 1. The van der Waals surface area contributed by atoms with Crippen LogP contribution in [0.2, 0.25) is 0 Å². The molecule has 0 saturated heterocycles. The Morgan fingerprint density at radius 3 is 2.79 bits per heavy atom. The normalized spacial score (nSPS) is 10.3. The van der Waals surface area contributed by atoms with E-state index in [2.05, 4.69) is 11.1 Å². The Hall–Kier alpha value is -2.80. The van der Waals surface area contributed by atoms with Crippen molar-refractivity contribution in [1.82, 2.24) is 9.55 Å². The maximum atomic E-state index is 9.28. The van der Waals surface area contributed by atoms with E-state index in [9.17, 15) is 5.26 Å². The number of methoxy groups -OCH3 is 1. The second-order valence-corrected chi connectivity index (χ2v) is 4.09. The largest absolute Gasteiger partial charge is 0.497 e. The zero-order valence-electron chi connectivity index (χ0n) is 10.4. The Kier molecular flexibility index (Phi) is 2.66. The van der Waals surface area contributed by atoms with Gasteiger partial charge < -0.3 is 4.74 Å². The van der Waals surface area contributed by atoms with Crippen molar-refractivity contribution in [1.29, 1.82) is 5.26 Å². The summed E-state index contributed by atoms with van der Waals surface area (Å²) in [5, 5.41) is 10.2. The molecular weight excluding hydrogens is 238 g/mol. The molecule has 0 aliphatic heterocycles. The van der Waals surface area contributed by atoms with Gasteiger partial charge in [-0.15, -0.1) is 0 Å². The molecule has 0 saturated carbocycles. The molecule has 3 rings (SSSR count). The standard InChI is InChI=1S/C15H11N3O/c1-19-13-5-6-14-11(9-13)8-12(10-16)18(14)15-4-2-3-7-17-15/h2-9H,1H3. The van der Waals surface area contributed by atoms with Crippen LogP contribution in [0.15, 0.2) is 48.7 Å². The molecule has 0 radical (unpaired) electrons. The molecule has 0 atom stereocenters. The van der Waals surface area contributed by atoms with Crippen LogP contribution < -0.4 is 4.74 Å². The third-order valence-corrected chi connectivity index (χ3v) is 3.00. The highest BCUT2D eigenvalue weighted by Crippen LogP contribution is 2.26. The molecular formula is C15H11N3O. The summed E-state index contributed by atoms with van der Waals surface area (Å²) in [6.45, 7) is 0. The topological polar surface area (TPSA) is 50.8 Å². The van der Waals surface area contributed by atoms with Gasteiger partial charge in [-0.25, -0.2) is 4.98 Å². The summed E-state index contributed by atoms with van der Waals surface area (Å²) in [6, 6.07) is 15.4. The first-order chi connectivity index (χ1) is 9.33. The number of hydrogen-bond acceptors (Lipinski definition) is 3. The second-order valence-electron chi connectivity index (χ2n) is 4.09. The van der Waals surface area contributed by atoms with Crippen molar-refractivity contribution in [2.75, 3.05) is 7.11 Å². The summed E-state index contributed by atoms with van der Waals surface area (Å²) in [5.41, 5.74) is 1.50. The zero-order valence-corrected chi connectivity index (χ0v) is 10.4. The molecule has 2 aromatic heterocycles. The Morgan fingerprint density at radius 2 is 2.11 bits per heavy atom. The summed E-state index contributed by atoms with van der Waals surface area (Å²) in [5.74, 6) is 1.51. The van der Waals surface area contributed by atoms with E-state index in [-0.39, 0.29) is 0 Å². The van der Waals surface area contributed by atoms with Gasteiger partial charge in [0.2, 0.25) is 0 Å². The number of nitrogens with zero attached hydrogens (tertiary/aromatic N) is 3. The third kappa shape index (κ3) is 1.81. The average Bonchev–Trinajstić information content (AvgIpc) is 2.85. The fraction of sp³-hybridized carbons (Fsp3) is 0.0667. The fourth-order valence-electron chi connectivity index (χ4n) is 2.14. The van der Waals surface area contributed by atoms with E-state index in [0.717, 1.165) is 22.5 Å². The Bertz CT molecular complexity index is 769. The van der Waals surface area contributed by atoms with E-state index < -0.39 is 0 Å². The first kappa shape index (κ1) is 11.3. The van der Waals surface area contributed by atoms with Gasteiger partial charge in [-0.1, -0.05) is 6.07 Å². The molecule has 0 aliphatic rings. The highest BCUT2D eigenvalue weighted by atomic mass is 16.5. The van der Waals surface area contributed by atoms with Gasteiger partial charge >= 0.3 is 0 Å². The molecule has 92 valence electrons. The minimum Gasteiger partial charge on any atom is -0.497 e. The van der Waals surface area contributed by atoms with E-state index in [1.807, 2.05) is 47.0 Å². The van der Waals surface area contributed by atoms with Crippen molar-refractivity contribution < 1.29 is 4.74 Å². The summed E-state index contributed by atoms with van der Waals surface area (Å²) >= 11 is 0. The van der Waals surface area contributed by atoms with Gasteiger partial charge in [0.05, 0.1) is 12.6 Å². The van der Waals surface area contributed by atoms with Gasteiger partial charge in [0.25, 0.3) is 0 Å². The molecule has 0 bridgehead atoms. The Balaban J connectivity index is 2.32. The quantitative estimate of drug-likeness (QED) is 0.701. The van der Waals surface area contributed by atoms with E-state index in [0.29, 0.717) is 5.69 Å². The maximum Gasteiger partial charge on any atom is 0.138 e. The van der Waals surface area contributed by atoms with Gasteiger partial charge in [-0.05, 0) is 36.4 Å². The molecule has 0 amide bonds. The highest BCUT2D eigenvalue weighted by molar-refractivity contribution is 5.85. The minimum atomic E-state index is 0.557. The van der Waals surface area contributed by atoms with E-state index in [1.54, 1.807) is 13.3 Å². The monoisotopic (exact) mass is 249 g/mol. The van der Waals surface area contributed by atoms with Crippen molar-refractivity contribution in [3.8, 4) is 17.6 Å². The molecule has 19 heavy (non-hydrogen) atoms. The number of aromatic nitrogens is 2. The van der Waals surface area contributed by atoms with Crippen LogP contribution in [-0.4, -0.2) is 16.7 Å². The van der Waals surface area contributed by atoms with E-state index in [4.69, 9.17) is 4.74 Å². The van der Waals surface area contributed by atoms with Crippen molar-refractivity contribution in [3.63, 3.8) is 0 Å². The molecule has 0 N–H and O–H groups in total. The number of ether oxygens (including phenoxy) is 1. The molecule has 2 heterocycles. The number of hydrogen-bond donors (Lipinski definition) is 0. The van der Waals surface area contributed by atoms with Crippen molar-refractivity contribution in [3.05, 3.63) is 54.4 Å². The fourth-order valence-corrected chi connectivity index (χ4v) is 2.14. The highest BCUT2D eigenvalue weighted by Gasteiger charge is 2.11. The van der Waals surface area contributed by atoms with Crippen molar-refractivity contribution in [2.24, 2.45) is 0 Å². The van der Waals surface area contributed by atoms with Gasteiger partial charge in [0.1, 0.15) is 23.3 Å². The van der Waals surface area contributed by atoms with Crippen LogP contribution in [0.25, 0.3) is 16.7 Å². The predicted molar refractivity (Wildman–Crippen MR) is 72.3 cm³/mol. The first-order valence-corrected chi connectivity index (χ1v) is 5.84. The lowest BCUT2D eigenvalue weighted by Gasteiger charge is -2.06. The molecule has 0 aliphatic carbocycles. The lowest BCUT2D eigenvalue weighted by atomic mass is 10.2. The van der Waals surface area contributed by atoms with Crippen molar-refractivity contribution >= 4 is 10.9 Å². The molecule has 0 spiro atoms. The van der Waals surface area contributed by atoms with Crippen LogP contribution in [0.5, 0.6) is 5.75 Å². The molecule has 1 aromatic carbocycles. The van der Waals surface area contributed by atoms with E-state index in [1.165, 1.54) is 0 Å². The van der Waals surface area contributed by atoms with Crippen LogP contribution in [0.3, 0.4) is 0 Å². The van der Waals surface area contributed by atoms with Gasteiger partial charge in [0, 0.05) is 11.6 Å². The SMILES string of the molecule is COc1ccc2c(c1)cc(C#N)n2-c1ccccn1. The predicted octanol–water partition coefficient (Wildman–Crippen LogP) is 2.91. The summed E-state index contributed by atoms with van der Waals surface area (Å²) in [6.07, 6.45) is 1.71. The van der Waals surface area contributed by atoms with Crippen LogP contribution in [0.4, 0.5) is 0 Å². The van der Waals surface area contributed by atoms with Gasteiger partial charge in [-0.2, -0.15) is 5.26 Å². The molecule has 4 heteroatoms. The van der Waals surface area contributed by atoms with Gasteiger partial charge in [-0.3, -0.25) is 4.57 Å². The molecule has 3 aromatic rings. The molecule has 4 nitrogen and oxygen atoms in total. The summed E-state index contributed by atoms with van der Waals surface area (Å²) in [4.78, 5) is 4.30. The van der Waals surface area contributed by atoms with Crippen LogP contribution in [-0.2, 0) is 0 Å². The third-order valence-electron chi connectivity index (χ3n) is 3.00. The Morgan fingerprint density at radius 1 is 1.21 bits per heavy atom. The molecule has 0 fully saturated rings. The lowest BCUT2D eigenvalue weighted by molar-refractivity contribution is 0.415. The van der Waals surface area contributed by atoms with Crippen molar-refractivity contribution in [2.45, 2.75) is 0 Å². The number of rotatable bonds is 2. The second kappa shape index (κ2) is 4.46. The number of benzene rings is 1. The smallest absolute Gasteiger partial charge is 0.138 e.